The zero-order valence-corrected chi connectivity index (χ0v) is 16.6. The molecule has 0 atom stereocenters. The number of amides is 1. The van der Waals surface area contributed by atoms with E-state index in [4.69, 9.17) is 10.3 Å². The molecular weight excluding hydrogens is 352 g/mol. The van der Waals surface area contributed by atoms with Crippen LogP contribution in [0.15, 0.2) is 10.6 Å². The van der Waals surface area contributed by atoms with Crippen molar-refractivity contribution < 1.29 is 9.32 Å². The summed E-state index contributed by atoms with van der Waals surface area (Å²) in [6.45, 7) is 6.63. The van der Waals surface area contributed by atoms with Gasteiger partial charge in [-0.15, -0.1) is 12.4 Å². The largest absolute Gasteiger partial charge is 0.350 e. The first kappa shape index (κ1) is 20.6. The van der Waals surface area contributed by atoms with Crippen molar-refractivity contribution >= 4 is 29.4 Å². The first-order chi connectivity index (χ1) is 12.0. The van der Waals surface area contributed by atoms with Crippen LogP contribution in [-0.2, 0) is 6.42 Å². The van der Waals surface area contributed by atoms with Crippen LogP contribution in [0.3, 0.4) is 0 Å². The molecule has 3 N–H and O–H groups in total. The lowest BCUT2D eigenvalue weighted by molar-refractivity contribution is 0.0943. The third-order valence-electron chi connectivity index (χ3n) is 5.27. The summed E-state index contributed by atoms with van der Waals surface area (Å²) in [5.41, 5.74) is 8.78. The molecule has 26 heavy (non-hydrogen) atoms. The molecule has 1 amide bonds. The molecule has 7 heteroatoms. The fraction of sp³-hybridized carbons (Fsp3) is 0.632. The van der Waals surface area contributed by atoms with E-state index in [1.54, 1.807) is 0 Å². The number of hydrogen-bond donors (Lipinski definition) is 2. The molecule has 2 heterocycles. The number of aryl methyl sites for hydroxylation is 1. The van der Waals surface area contributed by atoms with Gasteiger partial charge >= 0.3 is 0 Å². The van der Waals surface area contributed by atoms with Crippen LogP contribution in [0.2, 0.25) is 0 Å². The van der Waals surface area contributed by atoms with Crippen LogP contribution in [0.4, 0.5) is 0 Å². The molecule has 1 fully saturated rings. The molecule has 0 saturated heterocycles. The molecule has 2 aromatic rings. The van der Waals surface area contributed by atoms with E-state index in [0.717, 1.165) is 55.3 Å². The van der Waals surface area contributed by atoms with Crippen LogP contribution in [0.5, 0.6) is 0 Å². The number of halogens is 1. The number of aromatic nitrogens is 2. The molecule has 2 aromatic heterocycles. The second kappa shape index (κ2) is 8.35. The first-order valence-electron chi connectivity index (χ1n) is 9.37. The van der Waals surface area contributed by atoms with E-state index in [1.807, 2.05) is 19.9 Å². The lowest BCUT2D eigenvalue weighted by atomic mass is 9.94. The van der Waals surface area contributed by atoms with Gasteiger partial charge in [-0.05, 0) is 38.2 Å². The van der Waals surface area contributed by atoms with Crippen molar-refractivity contribution in [1.29, 1.82) is 0 Å². The minimum absolute atomic E-state index is 0. The van der Waals surface area contributed by atoms with E-state index >= 15 is 0 Å². The number of fused-ring (bicyclic) bond motifs is 1. The van der Waals surface area contributed by atoms with Gasteiger partial charge in [0.15, 0.2) is 0 Å². The Kier molecular flexibility index (Phi) is 6.64. The number of hydrogen-bond acceptors (Lipinski definition) is 5. The van der Waals surface area contributed by atoms with E-state index in [9.17, 15) is 4.79 Å². The predicted molar refractivity (Wildman–Crippen MR) is 105 cm³/mol. The maximum atomic E-state index is 12.9. The van der Waals surface area contributed by atoms with Crippen molar-refractivity contribution in [1.82, 2.24) is 15.5 Å². The summed E-state index contributed by atoms with van der Waals surface area (Å²) in [5.74, 6) is 0.321. The lowest BCUT2D eigenvalue weighted by Crippen LogP contribution is -2.49. The van der Waals surface area contributed by atoms with E-state index in [2.05, 4.69) is 22.4 Å². The topological polar surface area (TPSA) is 94.0 Å². The fourth-order valence-electron chi connectivity index (χ4n) is 3.06. The highest BCUT2D eigenvalue weighted by Gasteiger charge is 2.29. The molecule has 1 aliphatic rings. The molecule has 6 nitrogen and oxygen atoms in total. The highest BCUT2D eigenvalue weighted by atomic mass is 35.5. The predicted octanol–water partition coefficient (Wildman–Crippen LogP) is 3.72. The van der Waals surface area contributed by atoms with Crippen molar-refractivity contribution in [3.63, 3.8) is 0 Å². The highest BCUT2D eigenvalue weighted by molar-refractivity contribution is 6.06. The Bertz CT molecular complexity index is 766. The highest BCUT2D eigenvalue weighted by Crippen LogP contribution is 2.40. The van der Waals surface area contributed by atoms with Crippen molar-refractivity contribution in [2.45, 2.75) is 70.8 Å². The van der Waals surface area contributed by atoms with Gasteiger partial charge in [-0.1, -0.05) is 32.3 Å². The Morgan fingerprint density at radius 1 is 1.35 bits per heavy atom. The van der Waals surface area contributed by atoms with Crippen LogP contribution in [0, 0.1) is 0 Å². The van der Waals surface area contributed by atoms with Gasteiger partial charge in [0.05, 0.1) is 16.6 Å². The van der Waals surface area contributed by atoms with Gasteiger partial charge in [0, 0.05) is 23.7 Å². The van der Waals surface area contributed by atoms with Crippen LogP contribution in [0.1, 0.15) is 80.5 Å². The average molecular weight is 381 g/mol. The van der Waals surface area contributed by atoms with Crippen LogP contribution in [0.25, 0.3) is 11.1 Å². The third-order valence-corrected chi connectivity index (χ3v) is 5.27. The number of nitrogens with zero attached hydrogens (tertiary/aromatic N) is 2. The van der Waals surface area contributed by atoms with Gasteiger partial charge in [0.2, 0.25) is 0 Å². The normalized spacial score (nSPS) is 14.3. The Balaban J connectivity index is 0.00000243. The van der Waals surface area contributed by atoms with E-state index in [1.165, 1.54) is 0 Å². The summed E-state index contributed by atoms with van der Waals surface area (Å²) >= 11 is 0. The molecule has 0 aliphatic heterocycles. The number of nitrogens with two attached hydrogens (primary N) is 1. The fourth-order valence-corrected chi connectivity index (χ4v) is 3.06. The van der Waals surface area contributed by atoms with Gasteiger partial charge in [0.25, 0.3) is 11.6 Å². The van der Waals surface area contributed by atoms with Crippen LogP contribution >= 0.6 is 12.4 Å². The molecule has 0 unspecified atom stereocenters. The molecule has 0 radical (unpaired) electrons. The Morgan fingerprint density at radius 3 is 2.62 bits per heavy atom. The maximum absolute atomic E-state index is 12.9. The number of rotatable bonds is 8. The minimum atomic E-state index is -0.373. The zero-order valence-electron chi connectivity index (χ0n) is 15.8. The van der Waals surface area contributed by atoms with E-state index in [0.29, 0.717) is 23.7 Å². The third kappa shape index (κ3) is 4.18. The van der Waals surface area contributed by atoms with E-state index in [-0.39, 0.29) is 23.9 Å². The Morgan fingerprint density at radius 2 is 2.04 bits per heavy atom. The second-order valence-electron chi connectivity index (χ2n) is 7.18. The summed E-state index contributed by atoms with van der Waals surface area (Å²) in [6, 6.07) is 1.92. The molecule has 1 saturated carbocycles. The van der Waals surface area contributed by atoms with E-state index < -0.39 is 0 Å². The average Bonchev–Trinajstić information content (AvgIpc) is 3.41. The molecule has 0 spiro atoms. The molecule has 0 bridgehead atoms. The SMILES string of the molecule is CCCc1noc2nc(C3CC3)cc(C(=O)NCC(N)(CC)CC)c12.Cl. The molecule has 0 aromatic carbocycles. The van der Waals surface area contributed by atoms with Crippen molar-refractivity contribution in [2.75, 3.05) is 6.54 Å². The summed E-state index contributed by atoms with van der Waals surface area (Å²) in [6.07, 6.45) is 5.57. The summed E-state index contributed by atoms with van der Waals surface area (Å²) < 4.78 is 5.43. The number of carbonyl (C=O) groups excluding carboxylic acids is 1. The minimum Gasteiger partial charge on any atom is -0.350 e. The Hall–Kier alpha value is -1.66. The number of pyridine rings is 1. The molecule has 3 rings (SSSR count). The summed E-state index contributed by atoms with van der Waals surface area (Å²) in [7, 11) is 0. The lowest BCUT2D eigenvalue weighted by Gasteiger charge is -2.26. The molecule has 1 aliphatic carbocycles. The van der Waals surface area contributed by atoms with Gasteiger partial charge in [0.1, 0.15) is 0 Å². The smallest absolute Gasteiger partial charge is 0.259 e. The maximum Gasteiger partial charge on any atom is 0.259 e. The molecule has 144 valence electrons. The zero-order chi connectivity index (χ0) is 18.0. The second-order valence-corrected chi connectivity index (χ2v) is 7.18. The van der Waals surface area contributed by atoms with Crippen molar-refractivity contribution in [2.24, 2.45) is 5.73 Å². The number of carbonyl (C=O) groups is 1. The molecular formula is C19H29ClN4O2. The van der Waals surface area contributed by atoms with Gasteiger partial charge in [-0.2, -0.15) is 0 Å². The van der Waals surface area contributed by atoms with Gasteiger partial charge in [-0.3, -0.25) is 4.79 Å². The van der Waals surface area contributed by atoms with Crippen molar-refractivity contribution in [3.8, 4) is 0 Å². The summed E-state index contributed by atoms with van der Waals surface area (Å²) in [5, 5.41) is 7.92. The first-order valence-corrected chi connectivity index (χ1v) is 9.37. The van der Waals surface area contributed by atoms with Gasteiger partial charge < -0.3 is 15.6 Å². The quantitative estimate of drug-likeness (QED) is 0.727. The van der Waals surface area contributed by atoms with Crippen LogP contribution in [-0.4, -0.2) is 28.1 Å². The monoisotopic (exact) mass is 380 g/mol. The standard InChI is InChI=1S/C19H28N4O2.ClH/c1-4-7-14-16-13(17(24)21-11-19(20,5-2)6-3)10-15(12-8-9-12)22-18(16)25-23-14;/h10,12H,4-9,11,20H2,1-3H3,(H,21,24);1H. The summed E-state index contributed by atoms with van der Waals surface area (Å²) in [4.78, 5) is 17.5. The van der Waals surface area contributed by atoms with Crippen LogP contribution < -0.4 is 11.1 Å². The van der Waals surface area contributed by atoms with Gasteiger partial charge in [-0.25, -0.2) is 4.98 Å². The number of nitrogens with one attached hydrogen (secondary N) is 1. The van der Waals surface area contributed by atoms with Crippen molar-refractivity contribution in [3.05, 3.63) is 23.0 Å². The Labute approximate surface area is 160 Å².